The first-order valence-electron chi connectivity index (χ1n) is 5.24. The van der Waals surface area contributed by atoms with E-state index in [0.717, 1.165) is 24.9 Å². The first kappa shape index (κ1) is 10.0. The molecule has 15 heavy (non-hydrogen) atoms. The number of nitriles is 1. The minimum absolute atomic E-state index is 0.165. The highest BCUT2D eigenvalue weighted by Crippen LogP contribution is 2.22. The molecule has 1 aliphatic carbocycles. The summed E-state index contributed by atoms with van der Waals surface area (Å²) in [6.07, 6.45) is 2.74. The summed E-state index contributed by atoms with van der Waals surface area (Å²) >= 11 is 0. The standard InChI is InChI=1S/C12H14N2O/c13-8-9-4-6-10(7-5-9)14-11-2-1-3-12(11)15/h4-7,11-12,14-15H,1-3H2. The van der Waals surface area contributed by atoms with E-state index in [1.807, 2.05) is 12.1 Å². The predicted octanol–water partition coefficient (Wildman–Crippen LogP) is 1.88. The maximum atomic E-state index is 9.64. The molecule has 0 aromatic heterocycles. The first-order chi connectivity index (χ1) is 7.29. The van der Waals surface area contributed by atoms with E-state index in [1.165, 1.54) is 0 Å². The van der Waals surface area contributed by atoms with Crippen molar-refractivity contribution in [3.05, 3.63) is 29.8 Å². The Morgan fingerprint density at radius 3 is 2.53 bits per heavy atom. The van der Waals surface area contributed by atoms with Gasteiger partial charge in [0.15, 0.2) is 0 Å². The molecule has 1 aliphatic rings. The highest BCUT2D eigenvalue weighted by atomic mass is 16.3. The molecule has 0 aliphatic heterocycles. The second kappa shape index (κ2) is 4.33. The second-order valence-corrected chi connectivity index (χ2v) is 3.94. The molecule has 0 heterocycles. The van der Waals surface area contributed by atoms with Crippen LogP contribution in [0.4, 0.5) is 5.69 Å². The number of aliphatic hydroxyl groups is 1. The minimum atomic E-state index is -0.236. The highest BCUT2D eigenvalue weighted by molar-refractivity contribution is 5.48. The van der Waals surface area contributed by atoms with Crippen molar-refractivity contribution >= 4 is 5.69 Å². The summed E-state index contributed by atoms with van der Waals surface area (Å²) in [6, 6.07) is 9.56. The largest absolute Gasteiger partial charge is 0.391 e. The molecule has 1 aromatic carbocycles. The molecule has 3 nitrogen and oxygen atoms in total. The summed E-state index contributed by atoms with van der Waals surface area (Å²) in [5, 5.41) is 21.6. The van der Waals surface area contributed by atoms with Gasteiger partial charge in [-0.05, 0) is 43.5 Å². The average Bonchev–Trinajstić information content (AvgIpc) is 2.66. The van der Waals surface area contributed by atoms with Gasteiger partial charge in [-0.2, -0.15) is 5.26 Å². The molecule has 0 radical (unpaired) electrons. The Labute approximate surface area is 89.4 Å². The SMILES string of the molecule is N#Cc1ccc(NC2CCCC2O)cc1. The fraction of sp³-hybridized carbons (Fsp3) is 0.417. The predicted molar refractivity (Wildman–Crippen MR) is 58.4 cm³/mol. The molecule has 0 amide bonds. The Morgan fingerprint density at radius 2 is 2.00 bits per heavy atom. The van der Waals surface area contributed by atoms with Crippen molar-refractivity contribution in [3.63, 3.8) is 0 Å². The number of rotatable bonds is 2. The zero-order chi connectivity index (χ0) is 10.7. The van der Waals surface area contributed by atoms with Gasteiger partial charge in [0, 0.05) is 5.69 Å². The van der Waals surface area contributed by atoms with Crippen LogP contribution >= 0.6 is 0 Å². The zero-order valence-electron chi connectivity index (χ0n) is 8.48. The molecule has 1 fully saturated rings. The van der Waals surface area contributed by atoms with Crippen LogP contribution < -0.4 is 5.32 Å². The minimum Gasteiger partial charge on any atom is -0.391 e. The molecule has 0 spiro atoms. The van der Waals surface area contributed by atoms with Crippen LogP contribution in [0, 0.1) is 11.3 Å². The molecular weight excluding hydrogens is 188 g/mol. The van der Waals surface area contributed by atoms with Crippen molar-refractivity contribution in [2.24, 2.45) is 0 Å². The fourth-order valence-electron chi connectivity index (χ4n) is 1.96. The van der Waals surface area contributed by atoms with E-state index in [2.05, 4.69) is 11.4 Å². The van der Waals surface area contributed by atoms with E-state index in [1.54, 1.807) is 12.1 Å². The van der Waals surface area contributed by atoms with Crippen molar-refractivity contribution in [3.8, 4) is 6.07 Å². The monoisotopic (exact) mass is 202 g/mol. The van der Waals surface area contributed by atoms with Crippen LogP contribution in [0.3, 0.4) is 0 Å². The molecule has 2 rings (SSSR count). The second-order valence-electron chi connectivity index (χ2n) is 3.94. The molecule has 0 bridgehead atoms. The molecule has 1 saturated carbocycles. The highest BCUT2D eigenvalue weighted by Gasteiger charge is 2.24. The van der Waals surface area contributed by atoms with E-state index >= 15 is 0 Å². The van der Waals surface area contributed by atoms with Gasteiger partial charge >= 0.3 is 0 Å². The van der Waals surface area contributed by atoms with Crippen LogP contribution in [-0.2, 0) is 0 Å². The first-order valence-corrected chi connectivity index (χ1v) is 5.24. The zero-order valence-corrected chi connectivity index (χ0v) is 8.48. The third-order valence-electron chi connectivity index (χ3n) is 2.85. The van der Waals surface area contributed by atoms with Gasteiger partial charge in [0.25, 0.3) is 0 Å². The van der Waals surface area contributed by atoms with Crippen molar-refractivity contribution < 1.29 is 5.11 Å². The lowest BCUT2D eigenvalue weighted by Gasteiger charge is -2.17. The van der Waals surface area contributed by atoms with Crippen LogP contribution in [0.25, 0.3) is 0 Å². The molecule has 2 atom stereocenters. The molecule has 0 saturated heterocycles. The van der Waals surface area contributed by atoms with E-state index in [4.69, 9.17) is 5.26 Å². The van der Waals surface area contributed by atoms with Crippen molar-refractivity contribution in [1.29, 1.82) is 5.26 Å². The Bertz CT molecular complexity index is 366. The van der Waals surface area contributed by atoms with Crippen LogP contribution in [0.15, 0.2) is 24.3 Å². The topological polar surface area (TPSA) is 56.0 Å². The van der Waals surface area contributed by atoms with Gasteiger partial charge in [0.2, 0.25) is 0 Å². The molecule has 3 heteroatoms. The number of hydrogen-bond donors (Lipinski definition) is 2. The lowest BCUT2D eigenvalue weighted by Crippen LogP contribution is -2.27. The van der Waals surface area contributed by atoms with Gasteiger partial charge in [-0.3, -0.25) is 0 Å². The lowest BCUT2D eigenvalue weighted by molar-refractivity contribution is 0.172. The molecule has 2 N–H and O–H groups in total. The quantitative estimate of drug-likeness (QED) is 0.770. The van der Waals surface area contributed by atoms with E-state index in [9.17, 15) is 5.11 Å². The van der Waals surface area contributed by atoms with E-state index in [0.29, 0.717) is 5.56 Å². The number of hydrogen-bond acceptors (Lipinski definition) is 3. The van der Waals surface area contributed by atoms with Crippen LogP contribution in [-0.4, -0.2) is 17.3 Å². The van der Waals surface area contributed by atoms with Gasteiger partial charge in [-0.15, -0.1) is 0 Å². The smallest absolute Gasteiger partial charge is 0.0991 e. The van der Waals surface area contributed by atoms with Crippen LogP contribution in [0.5, 0.6) is 0 Å². The van der Waals surface area contributed by atoms with Gasteiger partial charge in [0.05, 0.1) is 23.8 Å². The number of nitrogens with one attached hydrogen (secondary N) is 1. The van der Waals surface area contributed by atoms with Gasteiger partial charge in [-0.1, -0.05) is 0 Å². The fourth-order valence-corrected chi connectivity index (χ4v) is 1.96. The van der Waals surface area contributed by atoms with Crippen molar-refractivity contribution in [1.82, 2.24) is 0 Å². The van der Waals surface area contributed by atoms with Crippen molar-refractivity contribution in [2.75, 3.05) is 5.32 Å². The molecular formula is C12H14N2O. The Hall–Kier alpha value is -1.53. The van der Waals surface area contributed by atoms with Gasteiger partial charge in [0.1, 0.15) is 0 Å². The summed E-state index contributed by atoms with van der Waals surface area (Å²) < 4.78 is 0. The van der Waals surface area contributed by atoms with E-state index < -0.39 is 0 Å². The van der Waals surface area contributed by atoms with Crippen molar-refractivity contribution in [2.45, 2.75) is 31.4 Å². The summed E-state index contributed by atoms with van der Waals surface area (Å²) in [5.41, 5.74) is 1.63. The molecule has 78 valence electrons. The number of anilines is 1. The lowest BCUT2D eigenvalue weighted by atomic mass is 10.1. The number of aliphatic hydroxyl groups excluding tert-OH is 1. The van der Waals surface area contributed by atoms with E-state index in [-0.39, 0.29) is 12.1 Å². The Morgan fingerprint density at radius 1 is 1.27 bits per heavy atom. The number of nitrogens with zero attached hydrogens (tertiary/aromatic N) is 1. The third kappa shape index (κ3) is 2.28. The summed E-state index contributed by atoms with van der Waals surface area (Å²) in [5.74, 6) is 0. The normalized spacial score (nSPS) is 24.8. The Kier molecular flexibility index (Phi) is 2.89. The Balaban J connectivity index is 2.02. The van der Waals surface area contributed by atoms with Crippen LogP contribution in [0.1, 0.15) is 24.8 Å². The average molecular weight is 202 g/mol. The molecule has 1 aromatic rings. The van der Waals surface area contributed by atoms with Gasteiger partial charge < -0.3 is 10.4 Å². The number of benzene rings is 1. The van der Waals surface area contributed by atoms with Crippen LogP contribution in [0.2, 0.25) is 0 Å². The summed E-state index contributed by atoms with van der Waals surface area (Å²) in [6.45, 7) is 0. The maximum Gasteiger partial charge on any atom is 0.0991 e. The van der Waals surface area contributed by atoms with Gasteiger partial charge in [-0.25, -0.2) is 0 Å². The summed E-state index contributed by atoms with van der Waals surface area (Å²) in [4.78, 5) is 0. The third-order valence-corrected chi connectivity index (χ3v) is 2.85. The molecule has 2 unspecified atom stereocenters. The maximum absolute atomic E-state index is 9.64. The summed E-state index contributed by atoms with van der Waals surface area (Å²) in [7, 11) is 0.